The number of methoxy groups -OCH3 is 1. The Kier molecular flexibility index (Phi) is 7.45. The summed E-state index contributed by atoms with van der Waals surface area (Å²) in [4.78, 5) is 15.8. The van der Waals surface area contributed by atoms with Crippen molar-refractivity contribution in [2.45, 2.75) is 23.7 Å². The molecular formula is C33H31N3O5S. The third kappa shape index (κ3) is 5.36. The van der Waals surface area contributed by atoms with Crippen LogP contribution in [0.25, 0.3) is 22.0 Å². The second kappa shape index (κ2) is 11.3. The third-order valence-electron chi connectivity index (χ3n) is 7.84. The van der Waals surface area contributed by atoms with E-state index < -0.39 is 15.9 Å². The summed E-state index contributed by atoms with van der Waals surface area (Å²) in [7, 11) is -2.06. The van der Waals surface area contributed by atoms with E-state index in [9.17, 15) is 13.2 Å². The average molecular weight is 582 g/mol. The molecule has 9 heteroatoms. The number of rotatable bonds is 8. The molecule has 3 N–H and O–H groups in total. The zero-order valence-corrected chi connectivity index (χ0v) is 23.9. The lowest BCUT2D eigenvalue weighted by molar-refractivity contribution is 0.100. The zero-order chi connectivity index (χ0) is 29.3. The summed E-state index contributed by atoms with van der Waals surface area (Å²) < 4.78 is 39.5. The lowest BCUT2D eigenvalue weighted by Crippen LogP contribution is -2.37. The van der Waals surface area contributed by atoms with Crippen LogP contribution in [0.5, 0.6) is 17.2 Å². The van der Waals surface area contributed by atoms with Crippen LogP contribution in [-0.4, -0.2) is 43.8 Å². The smallest absolute Gasteiger partial charge is 0.250 e. The Morgan fingerprint density at radius 2 is 1.48 bits per heavy atom. The summed E-state index contributed by atoms with van der Waals surface area (Å²) in [5.74, 6) is 1.54. The Balaban J connectivity index is 1.18. The molecule has 1 amide bonds. The first kappa shape index (κ1) is 27.6. The van der Waals surface area contributed by atoms with Gasteiger partial charge in [0, 0.05) is 24.7 Å². The van der Waals surface area contributed by atoms with Gasteiger partial charge in [0.15, 0.2) is 0 Å². The van der Waals surface area contributed by atoms with Gasteiger partial charge in [-0.1, -0.05) is 30.3 Å². The predicted octanol–water partition coefficient (Wildman–Crippen LogP) is 6.30. The molecule has 1 aromatic heterocycles. The molecule has 1 aliphatic heterocycles. The number of aromatic amines is 1. The molecule has 8 nitrogen and oxygen atoms in total. The number of primary amides is 1. The number of nitrogens with zero attached hydrogens (tertiary/aromatic N) is 1. The highest BCUT2D eigenvalue weighted by Gasteiger charge is 2.31. The second-order valence-electron chi connectivity index (χ2n) is 10.3. The maximum atomic E-state index is 13.5. The van der Waals surface area contributed by atoms with Gasteiger partial charge in [-0.25, -0.2) is 8.42 Å². The third-order valence-corrected chi connectivity index (χ3v) is 9.76. The quantitative estimate of drug-likeness (QED) is 0.223. The Morgan fingerprint density at radius 3 is 2.10 bits per heavy atom. The number of aromatic nitrogens is 1. The van der Waals surface area contributed by atoms with Gasteiger partial charge < -0.3 is 20.2 Å². The number of piperidine rings is 1. The van der Waals surface area contributed by atoms with Gasteiger partial charge in [-0.15, -0.1) is 0 Å². The van der Waals surface area contributed by atoms with Crippen molar-refractivity contribution in [3.8, 4) is 28.4 Å². The zero-order valence-electron chi connectivity index (χ0n) is 23.1. The number of nitrogens with one attached hydrogen (secondary N) is 1. The summed E-state index contributed by atoms with van der Waals surface area (Å²) in [6.45, 7) is 0.787. The molecule has 0 spiro atoms. The molecule has 0 saturated carbocycles. The van der Waals surface area contributed by atoms with Crippen LogP contribution < -0.4 is 15.2 Å². The largest absolute Gasteiger partial charge is 0.497 e. The van der Waals surface area contributed by atoms with E-state index in [2.05, 4.69) is 11.1 Å². The van der Waals surface area contributed by atoms with E-state index >= 15 is 0 Å². The molecule has 1 aliphatic rings. The molecule has 5 aromatic rings. The molecule has 1 fully saturated rings. The Bertz CT molecular complexity index is 1830. The van der Waals surface area contributed by atoms with Crippen LogP contribution >= 0.6 is 0 Å². The minimum atomic E-state index is -3.66. The predicted molar refractivity (Wildman–Crippen MR) is 162 cm³/mol. The number of sulfonamides is 1. The number of carbonyl (C=O) groups is 1. The molecule has 0 aliphatic carbocycles. The first-order valence-electron chi connectivity index (χ1n) is 13.8. The number of amides is 1. The summed E-state index contributed by atoms with van der Waals surface area (Å²) in [6.07, 6.45) is 3.25. The maximum Gasteiger partial charge on any atom is 0.250 e. The Hall–Kier alpha value is -4.60. The molecule has 1 saturated heterocycles. The Labute approximate surface area is 244 Å². The van der Waals surface area contributed by atoms with Crippen LogP contribution in [-0.2, 0) is 10.0 Å². The van der Waals surface area contributed by atoms with Crippen molar-refractivity contribution in [1.82, 2.24) is 9.29 Å². The van der Waals surface area contributed by atoms with Crippen LogP contribution in [0.1, 0.15) is 34.7 Å². The summed E-state index contributed by atoms with van der Waals surface area (Å²) in [5.41, 5.74) is 9.88. The number of hydrogen-bond donors (Lipinski definition) is 2. The van der Waals surface area contributed by atoms with Crippen LogP contribution in [0.3, 0.4) is 0 Å². The minimum absolute atomic E-state index is 0.136. The van der Waals surface area contributed by atoms with Gasteiger partial charge in [0.2, 0.25) is 10.0 Å². The van der Waals surface area contributed by atoms with E-state index in [1.54, 1.807) is 59.9 Å². The van der Waals surface area contributed by atoms with E-state index in [1.165, 1.54) is 0 Å². The van der Waals surface area contributed by atoms with E-state index in [4.69, 9.17) is 15.2 Å². The van der Waals surface area contributed by atoms with Crippen molar-refractivity contribution in [2.75, 3.05) is 20.2 Å². The fourth-order valence-electron chi connectivity index (χ4n) is 5.60. The van der Waals surface area contributed by atoms with Gasteiger partial charge in [0.05, 0.1) is 23.1 Å². The second-order valence-corrected chi connectivity index (χ2v) is 12.3. The maximum absolute atomic E-state index is 13.5. The number of hydrogen-bond acceptors (Lipinski definition) is 5. The van der Waals surface area contributed by atoms with E-state index in [0.29, 0.717) is 48.5 Å². The highest BCUT2D eigenvalue weighted by Crippen LogP contribution is 2.38. The average Bonchev–Trinajstić information content (AvgIpc) is 3.46. The summed E-state index contributed by atoms with van der Waals surface area (Å²) >= 11 is 0. The minimum Gasteiger partial charge on any atom is -0.497 e. The molecule has 214 valence electrons. The molecule has 0 atom stereocenters. The van der Waals surface area contributed by atoms with Crippen molar-refractivity contribution in [3.05, 3.63) is 108 Å². The molecule has 0 bridgehead atoms. The standard InChI is InChI=1S/C33H31N3O5S/c1-40-25-7-9-26(10-8-25)41-27-11-13-28(14-12-27)42(38,39)36-17-15-23(16-18-36)31-21-35-32-29(31)19-24(20-30(32)33(34)37)22-5-3-2-4-6-22/h2-14,19-21,23,35H,15-18H2,1H3,(H2,34,37). The van der Waals surface area contributed by atoms with Gasteiger partial charge in [-0.2, -0.15) is 4.31 Å². The number of H-pyrrole nitrogens is 1. The number of ether oxygens (including phenoxy) is 2. The molecule has 2 heterocycles. The molecule has 0 radical (unpaired) electrons. The Morgan fingerprint density at radius 1 is 0.857 bits per heavy atom. The van der Waals surface area contributed by atoms with Gasteiger partial charge in [-0.3, -0.25) is 4.79 Å². The number of carbonyl (C=O) groups excluding carboxylic acids is 1. The topological polar surface area (TPSA) is 115 Å². The normalized spacial score (nSPS) is 14.6. The molecule has 4 aromatic carbocycles. The van der Waals surface area contributed by atoms with E-state index in [1.807, 2.05) is 42.6 Å². The lowest BCUT2D eigenvalue weighted by atomic mass is 9.88. The van der Waals surface area contributed by atoms with Crippen LogP contribution in [0, 0.1) is 0 Å². The first-order chi connectivity index (χ1) is 20.3. The highest BCUT2D eigenvalue weighted by molar-refractivity contribution is 7.89. The van der Waals surface area contributed by atoms with Gasteiger partial charge >= 0.3 is 0 Å². The summed E-state index contributed by atoms with van der Waals surface area (Å²) in [6, 6.07) is 27.4. The molecular weight excluding hydrogens is 550 g/mol. The number of nitrogens with two attached hydrogens (primary N) is 1. The SMILES string of the molecule is COc1ccc(Oc2ccc(S(=O)(=O)N3CCC(c4c[nH]c5c(C(N)=O)cc(-c6ccccc6)cc45)CC3)cc2)cc1. The highest BCUT2D eigenvalue weighted by atomic mass is 32.2. The van der Waals surface area contributed by atoms with Crippen molar-refractivity contribution in [3.63, 3.8) is 0 Å². The van der Waals surface area contributed by atoms with Crippen molar-refractivity contribution in [1.29, 1.82) is 0 Å². The van der Waals surface area contributed by atoms with Crippen LogP contribution in [0.4, 0.5) is 0 Å². The fraction of sp³-hybridized carbons (Fsp3) is 0.182. The molecule has 6 rings (SSSR count). The van der Waals surface area contributed by atoms with Gasteiger partial charge in [0.25, 0.3) is 5.91 Å². The monoisotopic (exact) mass is 581 g/mol. The van der Waals surface area contributed by atoms with Crippen molar-refractivity contribution < 1.29 is 22.7 Å². The molecule has 42 heavy (non-hydrogen) atoms. The number of benzene rings is 4. The van der Waals surface area contributed by atoms with E-state index in [-0.39, 0.29) is 10.8 Å². The fourth-order valence-corrected chi connectivity index (χ4v) is 7.07. The van der Waals surface area contributed by atoms with Crippen molar-refractivity contribution >= 4 is 26.8 Å². The van der Waals surface area contributed by atoms with Gasteiger partial charge in [0.1, 0.15) is 17.2 Å². The van der Waals surface area contributed by atoms with E-state index in [0.717, 1.165) is 27.8 Å². The summed E-state index contributed by atoms with van der Waals surface area (Å²) in [5, 5.41) is 0.943. The van der Waals surface area contributed by atoms with Crippen LogP contribution in [0.15, 0.2) is 102 Å². The lowest BCUT2D eigenvalue weighted by Gasteiger charge is -2.31. The van der Waals surface area contributed by atoms with Gasteiger partial charge in [-0.05, 0) is 96.1 Å². The first-order valence-corrected chi connectivity index (χ1v) is 15.2. The van der Waals surface area contributed by atoms with Crippen LogP contribution in [0.2, 0.25) is 0 Å². The molecule has 0 unspecified atom stereocenters. The number of fused-ring (bicyclic) bond motifs is 1. The van der Waals surface area contributed by atoms with Crippen molar-refractivity contribution in [2.24, 2.45) is 5.73 Å².